The van der Waals surface area contributed by atoms with Crippen LogP contribution in [0.4, 0.5) is 0 Å². The second-order valence-electron chi connectivity index (χ2n) is 12.7. The van der Waals surface area contributed by atoms with E-state index in [1.165, 1.54) is 173 Å². The molecule has 242 valence electrons. The van der Waals surface area contributed by atoms with Crippen molar-refractivity contribution in [3.05, 3.63) is 0 Å². The van der Waals surface area contributed by atoms with Crippen molar-refractivity contribution in [1.82, 2.24) is 0 Å². The zero-order valence-electron chi connectivity index (χ0n) is 28.2. The fourth-order valence-electron chi connectivity index (χ4n) is 5.92. The van der Waals surface area contributed by atoms with Crippen molar-refractivity contribution in [1.29, 1.82) is 0 Å². The Labute approximate surface area is 301 Å². The van der Waals surface area contributed by atoms with Crippen LogP contribution in [0.25, 0.3) is 0 Å². The maximum absolute atomic E-state index is 11.0. The monoisotopic (exact) mass is 626 g/mol. The summed E-state index contributed by atoms with van der Waals surface area (Å²) >= 11 is 0. The fraction of sp³-hybridized carbons (Fsp3) is 1.00. The van der Waals surface area contributed by atoms with Crippen LogP contribution >= 0.6 is 0 Å². The van der Waals surface area contributed by atoms with E-state index in [2.05, 4.69) is 18.0 Å². The predicted molar refractivity (Wildman–Crippen MR) is 174 cm³/mol. The average molecular weight is 627 g/mol. The smallest absolute Gasteiger partial charge is 0.726 e. The Hall–Kier alpha value is 1.51. The second kappa shape index (κ2) is 36.0. The van der Waals surface area contributed by atoms with Gasteiger partial charge in [-0.15, -0.1) is 0 Å². The van der Waals surface area contributed by atoms with Crippen molar-refractivity contribution in [3.63, 3.8) is 0 Å². The zero-order chi connectivity index (χ0) is 29.4. The molecule has 6 heteroatoms. The van der Waals surface area contributed by atoms with E-state index in [9.17, 15) is 13.0 Å². The minimum atomic E-state index is -4.59. The SMILES string of the molecule is CCCCCCCCCCCCCCCCCCCCC(CCCCCCCCCCCCC)COS(=O)(=O)[O-].[K+]. The maximum Gasteiger partial charge on any atom is 1.00 e. The van der Waals surface area contributed by atoms with E-state index >= 15 is 0 Å². The first-order valence-electron chi connectivity index (χ1n) is 18.1. The van der Waals surface area contributed by atoms with Gasteiger partial charge < -0.3 is 4.55 Å². The molecule has 0 bridgehead atoms. The molecule has 0 aromatic heterocycles. The van der Waals surface area contributed by atoms with Gasteiger partial charge in [0, 0.05) is 0 Å². The minimum absolute atomic E-state index is 0. The summed E-state index contributed by atoms with van der Waals surface area (Å²) in [5.74, 6) is 0.198. The number of rotatable bonds is 34. The summed E-state index contributed by atoms with van der Waals surface area (Å²) in [6.07, 6.45) is 41.0. The van der Waals surface area contributed by atoms with Crippen LogP contribution in [0, 0.1) is 5.92 Å². The minimum Gasteiger partial charge on any atom is -0.726 e. The van der Waals surface area contributed by atoms with Gasteiger partial charge in [0.1, 0.15) is 0 Å². The summed E-state index contributed by atoms with van der Waals surface area (Å²) in [4.78, 5) is 0. The molecule has 1 unspecified atom stereocenters. The van der Waals surface area contributed by atoms with Gasteiger partial charge in [-0.3, -0.25) is 4.18 Å². The Kier molecular flexibility index (Phi) is 39.2. The van der Waals surface area contributed by atoms with Gasteiger partial charge in [-0.05, 0) is 18.8 Å². The van der Waals surface area contributed by atoms with Crippen molar-refractivity contribution < 1.29 is 68.5 Å². The Morgan fingerprint density at radius 3 is 0.878 bits per heavy atom. The normalized spacial score (nSPS) is 12.5. The first-order chi connectivity index (χ1) is 19.5. The molecule has 0 spiro atoms. The van der Waals surface area contributed by atoms with Crippen LogP contribution in [0.15, 0.2) is 0 Å². The summed E-state index contributed by atoms with van der Waals surface area (Å²) < 4.78 is 37.5. The standard InChI is InChI=1S/C35H72O4S.K/c1-3-5-7-9-11-13-15-16-17-18-19-20-21-23-25-27-29-31-33-35(34-39-40(36,37)38)32-30-28-26-24-22-14-12-10-8-6-4-2;/h35H,3-34H2,1-2H3,(H,36,37,38);/q;+1/p-1. The number of hydrogen-bond donors (Lipinski definition) is 0. The second-order valence-corrected chi connectivity index (χ2v) is 13.7. The van der Waals surface area contributed by atoms with E-state index in [1.807, 2.05) is 0 Å². The van der Waals surface area contributed by atoms with Gasteiger partial charge in [0.15, 0.2) is 0 Å². The third kappa shape index (κ3) is 39.5. The van der Waals surface area contributed by atoms with E-state index < -0.39 is 10.4 Å². The summed E-state index contributed by atoms with van der Waals surface area (Å²) in [6, 6.07) is 0. The van der Waals surface area contributed by atoms with Crippen LogP contribution in [0.2, 0.25) is 0 Å². The van der Waals surface area contributed by atoms with E-state index in [1.54, 1.807) is 0 Å². The topological polar surface area (TPSA) is 66.4 Å². The van der Waals surface area contributed by atoms with Crippen LogP contribution < -0.4 is 51.4 Å². The molecule has 0 amide bonds. The molecule has 0 saturated carbocycles. The Balaban J connectivity index is 0. The largest absolute Gasteiger partial charge is 1.00 e. The molecule has 41 heavy (non-hydrogen) atoms. The summed E-state index contributed by atoms with van der Waals surface area (Å²) in [7, 11) is -4.59. The maximum atomic E-state index is 11.0. The van der Waals surface area contributed by atoms with Crippen LogP contribution in [-0.4, -0.2) is 19.6 Å². The molecule has 4 nitrogen and oxygen atoms in total. The van der Waals surface area contributed by atoms with Gasteiger partial charge in [0.25, 0.3) is 0 Å². The van der Waals surface area contributed by atoms with Gasteiger partial charge >= 0.3 is 51.4 Å². The molecular weight excluding hydrogens is 556 g/mol. The van der Waals surface area contributed by atoms with Crippen molar-refractivity contribution in [2.45, 2.75) is 213 Å². The molecule has 0 aromatic carbocycles. The van der Waals surface area contributed by atoms with Crippen LogP contribution in [0.5, 0.6) is 0 Å². The van der Waals surface area contributed by atoms with E-state index in [0.717, 1.165) is 25.7 Å². The molecule has 0 aliphatic heterocycles. The van der Waals surface area contributed by atoms with Crippen molar-refractivity contribution in [2.24, 2.45) is 5.92 Å². The molecule has 0 aliphatic rings. The molecular formula is C35H71KO4S. The first-order valence-corrected chi connectivity index (χ1v) is 19.4. The molecule has 0 saturated heterocycles. The van der Waals surface area contributed by atoms with Crippen LogP contribution in [-0.2, 0) is 14.6 Å². The average Bonchev–Trinajstić information content (AvgIpc) is 2.93. The molecule has 0 aliphatic carbocycles. The van der Waals surface area contributed by atoms with Gasteiger partial charge in [-0.1, -0.05) is 200 Å². The molecule has 1 atom stereocenters. The fourth-order valence-corrected chi connectivity index (χ4v) is 6.28. The molecule has 0 N–H and O–H groups in total. The summed E-state index contributed by atoms with van der Waals surface area (Å²) in [5, 5.41) is 0. The number of hydrogen-bond acceptors (Lipinski definition) is 4. The quantitative estimate of drug-likeness (QED) is 0.0309. The van der Waals surface area contributed by atoms with Gasteiger partial charge in [-0.25, -0.2) is 8.42 Å². The van der Waals surface area contributed by atoms with E-state index in [4.69, 9.17) is 0 Å². The van der Waals surface area contributed by atoms with Crippen LogP contribution in [0.1, 0.15) is 213 Å². The zero-order valence-corrected chi connectivity index (χ0v) is 32.2. The van der Waals surface area contributed by atoms with Gasteiger partial charge in [0.2, 0.25) is 10.4 Å². The van der Waals surface area contributed by atoms with Gasteiger partial charge in [0.05, 0.1) is 6.61 Å². The Bertz CT molecular complexity index is 585. The van der Waals surface area contributed by atoms with Crippen molar-refractivity contribution in [2.75, 3.05) is 6.61 Å². The van der Waals surface area contributed by atoms with E-state index in [-0.39, 0.29) is 63.9 Å². The molecule has 0 rings (SSSR count). The van der Waals surface area contributed by atoms with E-state index in [0.29, 0.717) is 0 Å². The predicted octanol–water partition coefficient (Wildman–Crippen LogP) is 9.22. The molecule has 0 fully saturated rings. The first kappa shape index (κ1) is 44.6. The molecule has 0 heterocycles. The summed E-state index contributed by atoms with van der Waals surface area (Å²) in [5.41, 5.74) is 0. The van der Waals surface area contributed by atoms with Crippen LogP contribution in [0.3, 0.4) is 0 Å². The summed E-state index contributed by atoms with van der Waals surface area (Å²) in [6.45, 7) is 4.62. The van der Waals surface area contributed by atoms with Crippen molar-refractivity contribution >= 4 is 10.4 Å². The molecule has 0 aromatic rings. The third-order valence-electron chi connectivity index (χ3n) is 8.63. The Morgan fingerprint density at radius 1 is 0.439 bits per heavy atom. The number of unbranched alkanes of at least 4 members (excludes halogenated alkanes) is 27. The Morgan fingerprint density at radius 2 is 0.659 bits per heavy atom. The van der Waals surface area contributed by atoms with Gasteiger partial charge in [-0.2, -0.15) is 0 Å². The van der Waals surface area contributed by atoms with Crippen molar-refractivity contribution in [3.8, 4) is 0 Å². The third-order valence-corrected chi connectivity index (χ3v) is 9.05. The molecule has 0 radical (unpaired) electrons.